The highest BCUT2D eigenvalue weighted by Gasteiger charge is 2.21. The minimum atomic E-state index is -0.897. The van der Waals surface area contributed by atoms with Crippen molar-refractivity contribution in [1.82, 2.24) is 5.32 Å². The maximum atomic E-state index is 12.3. The summed E-state index contributed by atoms with van der Waals surface area (Å²) < 4.78 is 15.9. The molecule has 8 heteroatoms. The third kappa shape index (κ3) is 5.10. The van der Waals surface area contributed by atoms with Gasteiger partial charge in [-0.25, -0.2) is 0 Å². The summed E-state index contributed by atoms with van der Waals surface area (Å²) in [6.45, 7) is 3.53. The topological polar surface area (TPSA) is 99.9 Å². The molecule has 1 amide bonds. The number of nitrogens with one attached hydrogen (secondary N) is 1. The number of nitrogens with zero attached hydrogens (tertiary/aromatic N) is 1. The fourth-order valence-electron chi connectivity index (χ4n) is 2.44. The molecule has 0 spiro atoms. The SMILES string of the molecule is COc1ccc(CNC(=O)[C@H](C)Oc2ccc(C)cc2[N+](=O)[O-])cc1OC. The number of nitro groups is 1. The van der Waals surface area contributed by atoms with Gasteiger partial charge in [-0.2, -0.15) is 0 Å². The molecule has 0 radical (unpaired) electrons. The molecule has 2 rings (SSSR count). The Morgan fingerprint density at radius 1 is 1.11 bits per heavy atom. The van der Waals surface area contributed by atoms with Crippen molar-refractivity contribution < 1.29 is 23.9 Å². The number of methoxy groups -OCH3 is 2. The molecule has 144 valence electrons. The summed E-state index contributed by atoms with van der Waals surface area (Å²) in [6, 6.07) is 9.90. The highest BCUT2D eigenvalue weighted by atomic mass is 16.6. The molecule has 2 aromatic carbocycles. The maximum Gasteiger partial charge on any atom is 0.311 e. The molecule has 2 aromatic rings. The predicted octanol–water partition coefficient (Wildman–Crippen LogP) is 3.00. The average molecular weight is 374 g/mol. The second kappa shape index (κ2) is 8.88. The zero-order valence-electron chi connectivity index (χ0n) is 15.6. The highest BCUT2D eigenvalue weighted by molar-refractivity contribution is 5.80. The van der Waals surface area contributed by atoms with Crippen LogP contribution < -0.4 is 19.5 Å². The molecular formula is C19H22N2O6. The van der Waals surface area contributed by atoms with Crippen molar-refractivity contribution in [2.75, 3.05) is 14.2 Å². The first kappa shape index (κ1) is 20.0. The summed E-state index contributed by atoms with van der Waals surface area (Å²) in [5.41, 5.74) is 1.38. The summed E-state index contributed by atoms with van der Waals surface area (Å²) in [6.07, 6.45) is -0.897. The quantitative estimate of drug-likeness (QED) is 0.563. The second-order valence-electron chi connectivity index (χ2n) is 5.90. The Morgan fingerprint density at radius 2 is 1.78 bits per heavy atom. The number of hydrogen-bond acceptors (Lipinski definition) is 6. The number of amides is 1. The van der Waals surface area contributed by atoms with Crippen LogP contribution in [0.1, 0.15) is 18.1 Å². The number of nitro benzene ring substituents is 1. The van der Waals surface area contributed by atoms with Gasteiger partial charge in [0.2, 0.25) is 0 Å². The highest BCUT2D eigenvalue weighted by Crippen LogP contribution is 2.29. The first-order valence-electron chi connectivity index (χ1n) is 8.26. The van der Waals surface area contributed by atoms with Gasteiger partial charge in [0.05, 0.1) is 19.1 Å². The lowest BCUT2D eigenvalue weighted by atomic mass is 10.2. The molecule has 0 saturated heterocycles. The van der Waals surface area contributed by atoms with Crippen molar-refractivity contribution in [3.63, 3.8) is 0 Å². The molecule has 0 aliphatic heterocycles. The number of carbonyl (C=O) groups is 1. The van der Waals surface area contributed by atoms with Gasteiger partial charge in [0.15, 0.2) is 23.4 Å². The van der Waals surface area contributed by atoms with E-state index in [0.29, 0.717) is 11.5 Å². The summed E-state index contributed by atoms with van der Waals surface area (Å²) in [4.78, 5) is 22.9. The second-order valence-corrected chi connectivity index (χ2v) is 5.90. The molecule has 0 aliphatic rings. The van der Waals surface area contributed by atoms with Gasteiger partial charge >= 0.3 is 5.69 Å². The standard InChI is InChI=1S/C19H22N2O6/c1-12-5-7-16(15(9-12)21(23)24)27-13(2)19(22)20-11-14-6-8-17(25-3)18(10-14)26-4/h5-10,13H,11H2,1-4H3,(H,20,22)/t13-/m0/s1. The summed E-state index contributed by atoms with van der Waals surface area (Å²) in [5, 5.41) is 13.9. The first-order valence-corrected chi connectivity index (χ1v) is 8.26. The summed E-state index contributed by atoms with van der Waals surface area (Å²) in [7, 11) is 3.08. The molecule has 1 atom stereocenters. The van der Waals surface area contributed by atoms with Crippen molar-refractivity contribution in [2.24, 2.45) is 0 Å². The lowest BCUT2D eigenvalue weighted by Gasteiger charge is -2.15. The van der Waals surface area contributed by atoms with Crippen LogP contribution in [0.15, 0.2) is 36.4 Å². The van der Waals surface area contributed by atoms with E-state index in [1.807, 2.05) is 0 Å². The molecule has 0 fully saturated rings. The fraction of sp³-hybridized carbons (Fsp3) is 0.316. The van der Waals surface area contributed by atoms with Gasteiger partial charge in [-0.1, -0.05) is 12.1 Å². The van der Waals surface area contributed by atoms with Crippen molar-refractivity contribution in [1.29, 1.82) is 0 Å². The molecule has 0 unspecified atom stereocenters. The van der Waals surface area contributed by atoms with Crippen molar-refractivity contribution in [2.45, 2.75) is 26.5 Å². The Bertz CT molecular complexity index is 837. The molecule has 0 aromatic heterocycles. The van der Waals surface area contributed by atoms with Crippen LogP contribution in [0.3, 0.4) is 0 Å². The lowest BCUT2D eigenvalue weighted by Crippen LogP contribution is -2.36. The van der Waals surface area contributed by atoms with E-state index < -0.39 is 11.0 Å². The Kier molecular flexibility index (Phi) is 6.59. The van der Waals surface area contributed by atoms with Crippen LogP contribution in [-0.2, 0) is 11.3 Å². The van der Waals surface area contributed by atoms with E-state index in [-0.39, 0.29) is 23.9 Å². The van der Waals surface area contributed by atoms with E-state index in [9.17, 15) is 14.9 Å². The predicted molar refractivity (Wildman–Crippen MR) is 99.3 cm³/mol. The van der Waals surface area contributed by atoms with E-state index in [2.05, 4.69) is 5.32 Å². The van der Waals surface area contributed by atoms with E-state index in [4.69, 9.17) is 14.2 Å². The Balaban J connectivity index is 2.01. The van der Waals surface area contributed by atoms with Crippen LogP contribution in [0.25, 0.3) is 0 Å². The van der Waals surface area contributed by atoms with E-state index in [1.54, 1.807) is 38.3 Å². The number of benzene rings is 2. The van der Waals surface area contributed by atoms with E-state index >= 15 is 0 Å². The number of aryl methyl sites for hydroxylation is 1. The molecule has 1 N–H and O–H groups in total. The number of rotatable bonds is 8. The zero-order chi connectivity index (χ0) is 20.0. The van der Waals surface area contributed by atoms with E-state index in [0.717, 1.165) is 11.1 Å². The zero-order valence-corrected chi connectivity index (χ0v) is 15.6. The van der Waals surface area contributed by atoms with Crippen LogP contribution in [0.2, 0.25) is 0 Å². The monoisotopic (exact) mass is 374 g/mol. The van der Waals surface area contributed by atoms with Crippen LogP contribution in [0.4, 0.5) is 5.69 Å². The van der Waals surface area contributed by atoms with Crippen LogP contribution in [0.5, 0.6) is 17.2 Å². The molecule has 0 aliphatic carbocycles. The van der Waals surface area contributed by atoms with Gasteiger partial charge in [-0.05, 0) is 43.2 Å². The van der Waals surface area contributed by atoms with Gasteiger partial charge in [-0.3, -0.25) is 14.9 Å². The molecule has 27 heavy (non-hydrogen) atoms. The van der Waals surface area contributed by atoms with Gasteiger partial charge in [0.1, 0.15) is 0 Å². The molecule has 8 nitrogen and oxygen atoms in total. The van der Waals surface area contributed by atoms with Gasteiger partial charge < -0.3 is 19.5 Å². The molecule has 0 bridgehead atoms. The fourth-order valence-corrected chi connectivity index (χ4v) is 2.44. The number of hydrogen-bond donors (Lipinski definition) is 1. The normalized spacial score (nSPS) is 11.4. The van der Waals surface area contributed by atoms with Gasteiger partial charge in [0, 0.05) is 12.6 Å². The number of ether oxygens (including phenoxy) is 3. The van der Waals surface area contributed by atoms with Crippen molar-refractivity contribution in [3.05, 3.63) is 57.6 Å². The van der Waals surface area contributed by atoms with Gasteiger partial charge in [0.25, 0.3) is 5.91 Å². The summed E-state index contributed by atoms with van der Waals surface area (Å²) >= 11 is 0. The van der Waals surface area contributed by atoms with E-state index in [1.165, 1.54) is 26.2 Å². The first-order chi connectivity index (χ1) is 12.8. The Morgan fingerprint density at radius 3 is 2.41 bits per heavy atom. The minimum absolute atomic E-state index is 0.0550. The van der Waals surface area contributed by atoms with Gasteiger partial charge in [-0.15, -0.1) is 0 Å². The lowest BCUT2D eigenvalue weighted by molar-refractivity contribution is -0.386. The largest absolute Gasteiger partial charge is 0.493 e. The van der Waals surface area contributed by atoms with Crippen LogP contribution in [0, 0.1) is 17.0 Å². The van der Waals surface area contributed by atoms with Crippen LogP contribution in [-0.4, -0.2) is 31.2 Å². The average Bonchev–Trinajstić information content (AvgIpc) is 2.66. The Labute approximate surface area is 157 Å². The molecular weight excluding hydrogens is 352 g/mol. The van der Waals surface area contributed by atoms with Crippen LogP contribution >= 0.6 is 0 Å². The van der Waals surface area contributed by atoms with Crippen molar-refractivity contribution >= 4 is 11.6 Å². The van der Waals surface area contributed by atoms with Crippen molar-refractivity contribution in [3.8, 4) is 17.2 Å². The maximum absolute atomic E-state index is 12.3. The Hall–Kier alpha value is -3.29. The summed E-state index contributed by atoms with van der Waals surface area (Å²) in [5.74, 6) is 0.818. The third-order valence-electron chi connectivity index (χ3n) is 3.90. The minimum Gasteiger partial charge on any atom is -0.493 e. The number of carbonyl (C=O) groups excluding carboxylic acids is 1. The molecule has 0 heterocycles. The smallest absolute Gasteiger partial charge is 0.311 e. The molecule has 0 saturated carbocycles. The third-order valence-corrected chi connectivity index (χ3v) is 3.90.